The Morgan fingerprint density at radius 3 is 2.55 bits per heavy atom. The van der Waals surface area contributed by atoms with E-state index >= 15 is 0 Å². The highest BCUT2D eigenvalue weighted by molar-refractivity contribution is 14.0. The predicted octanol–water partition coefficient (Wildman–Crippen LogP) is 3.93. The van der Waals surface area contributed by atoms with Crippen LogP contribution in [-0.4, -0.2) is 62.9 Å². The fourth-order valence-electron chi connectivity index (χ4n) is 4.20. The van der Waals surface area contributed by atoms with Crippen LogP contribution in [0.1, 0.15) is 56.6 Å². The number of piperidine rings is 1. The third-order valence-corrected chi connectivity index (χ3v) is 6.22. The van der Waals surface area contributed by atoms with Gasteiger partial charge in [0.1, 0.15) is 0 Å². The Labute approximate surface area is 205 Å². The van der Waals surface area contributed by atoms with Gasteiger partial charge in [-0.3, -0.25) is 4.99 Å². The van der Waals surface area contributed by atoms with Crippen LogP contribution < -0.4 is 10.6 Å². The fraction of sp³-hybridized carbons (Fsp3) is 0.708. The zero-order chi connectivity index (χ0) is 21.0. The summed E-state index contributed by atoms with van der Waals surface area (Å²) in [7, 11) is 1.83. The molecule has 1 atom stereocenters. The van der Waals surface area contributed by atoms with Crippen LogP contribution in [-0.2, 0) is 22.6 Å². The van der Waals surface area contributed by atoms with E-state index in [9.17, 15) is 0 Å². The highest BCUT2D eigenvalue weighted by Gasteiger charge is 2.17. The molecule has 0 bridgehead atoms. The molecule has 2 N–H and O–H groups in total. The summed E-state index contributed by atoms with van der Waals surface area (Å²) in [5.74, 6) is 0.869. The van der Waals surface area contributed by atoms with Crippen molar-refractivity contribution in [2.75, 3.05) is 39.9 Å². The lowest BCUT2D eigenvalue weighted by Crippen LogP contribution is -2.41. The summed E-state index contributed by atoms with van der Waals surface area (Å²) >= 11 is 0. The van der Waals surface area contributed by atoms with Gasteiger partial charge in [-0.05, 0) is 56.7 Å². The van der Waals surface area contributed by atoms with Gasteiger partial charge in [0.15, 0.2) is 5.96 Å². The molecule has 176 valence electrons. The van der Waals surface area contributed by atoms with Gasteiger partial charge >= 0.3 is 0 Å². The van der Waals surface area contributed by atoms with Crippen molar-refractivity contribution in [3.8, 4) is 0 Å². The smallest absolute Gasteiger partial charge is 0.191 e. The average molecular weight is 545 g/mol. The molecule has 0 amide bonds. The normalized spacial score (nSPS) is 20.8. The Kier molecular flexibility index (Phi) is 12.8. The van der Waals surface area contributed by atoms with E-state index in [-0.39, 0.29) is 24.0 Å². The minimum absolute atomic E-state index is 0. The average Bonchev–Trinajstić information content (AvgIpc) is 2.80. The molecule has 0 spiro atoms. The highest BCUT2D eigenvalue weighted by atomic mass is 127. The summed E-state index contributed by atoms with van der Waals surface area (Å²) in [6.45, 7) is 8.82. The van der Waals surface area contributed by atoms with Crippen LogP contribution >= 0.6 is 24.0 Å². The Bertz CT molecular complexity index is 635. The number of guanidine groups is 1. The molecule has 2 aliphatic rings. The molecule has 0 radical (unpaired) electrons. The molecule has 3 rings (SSSR count). The van der Waals surface area contributed by atoms with Gasteiger partial charge in [-0.2, -0.15) is 0 Å². The van der Waals surface area contributed by atoms with E-state index in [4.69, 9.17) is 9.47 Å². The van der Waals surface area contributed by atoms with Gasteiger partial charge in [-0.25, -0.2) is 0 Å². The Morgan fingerprint density at radius 2 is 1.84 bits per heavy atom. The van der Waals surface area contributed by atoms with E-state index in [0.29, 0.717) is 12.7 Å². The largest absolute Gasteiger partial charge is 0.381 e. The number of nitrogens with zero attached hydrogens (tertiary/aromatic N) is 2. The van der Waals surface area contributed by atoms with Crippen LogP contribution in [0.15, 0.2) is 29.3 Å². The molecular formula is C24H41IN4O2. The number of hydrogen-bond acceptors (Lipinski definition) is 4. The first kappa shape index (κ1) is 26.4. The number of nitrogens with one attached hydrogen (secondary N) is 2. The van der Waals surface area contributed by atoms with Crippen LogP contribution in [0.4, 0.5) is 0 Å². The Balaban J connectivity index is 0.00000341. The third kappa shape index (κ3) is 9.63. The van der Waals surface area contributed by atoms with Gasteiger partial charge in [0.25, 0.3) is 0 Å². The van der Waals surface area contributed by atoms with Crippen molar-refractivity contribution in [2.45, 2.75) is 70.7 Å². The van der Waals surface area contributed by atoms with Crippen molar-refractivity contribution in [2.24, 2.45) is 4.99 Å². The molecule has 0 aliphatic carbocycles. The van der Waals surface area contributed by atoms with Crippen molar-refractivity contribution in [1.82, 2.24) is 15.5 Å². The SMILES string of the molecule is CN=C(NCCCN1CCCCC1C)NCc1ccc(COC2CCOCC2)cc1.I. The first-order valence-corrected chi connectivity index (χ1v) is 11.7. The van der Waals surface area contributed by atoms with E-state index in [0.717, 1.165) is 57.6 Å². The predicted molar refractivity (Wildman–Crippen MR) is 138 cm³/mol. The number of likely N-dealkylation sites (tertiary alicyclic amines) is 1. The molecule has 1 aromatic carbocycles. The Morgan fingerprint density at radius 1 is 1.10 bits per heavy atom. The number of rotatable bonds is 9. The lowest BCUT2D eigenvalue weighted by atomic mass is 10.0. The molecule has 0 saturated carbocycles. The zero-order valence-corrected chi connectivity index (χ0v) is 21.6. The first-order chi connectivity index (χ1) is 14.7. The number of benzene rings is 1. The van der Waals surface area contributed by atoms with Gasteiger partial charge in [-0.15, -0.1) is 24.0 Å². The molecule has 1 unspecified atom stereocenters. The minimum Gasteiger partial charge on any atom is -0.381 e. The molecule has 7 heteroatoms. The maximum absolute atomic E-state index is 6.00. The molecule has 2 aliphatic heterocycles. The lowest BCUT2D eigenvalue weighted by molar-refractivity contribution is -0.0390. The van der Waals surface area contributed by atoms with Crippen LogP contribution in [0.2, 0.25) is 0 Å². The van der Waals surface area contributed by atoms with Gasteiger partial charge in [0, 0.05) is 45.9 Å². The lowest BCUT2D eigenvalue weighted by Gasteiger charge is -2.33. The summed E-state index contributed by atoms with van der Waals surface area (Å²) in [6, 6.07) is 9.39. The molecule has 6 nitrogen and oxygen atoms in total. The maximum atomic E-state index is 6.00. The second-order valence-corrected chi connectivity index (χ2v) is 8.53. The molecule has 0 aromatic heterocycles. The summed E-state index contributed by atoms with van der Waals surface area (Å²) in [6.07, 6.45) is 7.57. The van der Waals surface area contributed by atoms with Gasteiger partial charge < -0.3 is 25.0 Å². The number of hydrogen-bond donors (Lipinski definition) is 2. The van der Waals surface area contributed by atoms with E-state index in [2.05, 4.69) is 51.7 Å². The highest BCUT2D eigenvalue weighted by Crippen LogP contribution is 2.16. The quantitative estimate of drug-likeness (QED) is 0.214. The zero-order valence-electron chi connectivity index (χ0n) is 19.3. The van der Waals surface area contributed by atoms with Crippen molar-refractivity contribution < 1.29 is 9.47 Å². The molecule has 31 heavy (non-hydrogen) atoms. The Hall–Kier alpha value is -0.900. The maximum Gasteiger partial charge on any atom is 0.191 e. The molecule has 2 heterocycles. The second kappa shape index (κ2) is 15.0. The number of aliphatic imine (C=N–C) groups is 1. The van der Waals surface area contributed by atoms with E-state index in [1.807, 2.05) is 7.05 Å². The minimum atomic E-state index is 0. The van der Waals surface area contributed by atoms with Crippen molar-refractivity contribution in [3.63, 3.8) is 0 Å². The first-order valence-electron chi connectivity index (χ1n) is 11.7. The number of halogens is 1. The van der Waals surface area contributed by atoms with Crippen molar-refractivity contribution >= 4 is 29.9 Å². The number of ether oxygens (including phenoxy) is 2. The van der Waals surface area contributed by atoms with Crippen LogP contribution in [0.25, 0.3) is 0 Å². The van der Waals surface area contributed by atoms with Crippen LogP contribution in [0, 0.1) is 0 Å². The standard InChI is InChI=1S/C24H40N4O2.HI/c1-20-6-3-4-14-28(20)15-5-13-26-24(25-2)27-18-21-7-9-22(10-8-21)19-30-23-11-16-29-17-12-23;/h7-10,20,23H,3-6,11-19H2,1-2H3,(H2,25,26,27);1H. The topological polar surface area (TPSA) is 58.1 Å². The fourth-order valence-corrected chi connectivity index (χ4v) is 4.20. The molecular weight excluding hydrogens is 503 g/mol. The van der Waals surface area contributed by atoms with Crippen LogP contribution in [0.3, 0.4) is 0 Å². The van der Waals surface area contributed by atoms with Gasteiger partial charge in [0.05, 0.1) is 12.7 Å². The van der Waals surface area contributed by atoms with E-state index in [1.54, 1.807) is 0 Å². The van der Waals surface area contributed by atoms with Crippen molar-refractivity contribution in [1.29, 1.82) is 0 Å². The monoisotopic (exact) mass is 544 g/mol. The summed E-state index contributed by atoms with van der Waals surface area (Å²) in [5.41, 5.74) is 2.47. The van der Waals surface area contributed by atoms with Crippen LogP contribution in [0.5, 0.6) is 0 Å². The summed E-state index contributed by atoms with van der Waals surface area (Å²) in [5, 5.41) is 6.86. The van der Waals surface area contributed by atoms with Gasteiger partial charge in [0.2, 0.25) is 0 Å². The molecule has 2 fully saturated rings. The van der Waals surface area contributed by atoms with Gasteiger partial charge in [-0.1, -0.05) is 30.7 Å². The summed E-state index contributed by atoms with van der Waals surface area (Å²) in [4.78, 5) is 6.97. The van der Waals surface area contributed by atoms with E-state index < -0.39 is 0 Å². The molecule has 1 aromatic rings. The second-order valence-electron chi connectivity index (χ2n) is 8.53. The third-order valence-electron chi connectivity index (χ3n) is 6.22. The van der Waals surface area contributed by atoms with E-state index in [1.165, 1.54) is 43.5 Å². The summed E-state index contributed by atoms with van der Waals surface area (Å²) < 4.78 is 11.4. The van der Waals surface area contributed by atoms with Crippen molar-refractivity contribution in [3.05, 3.63) is 35.4 Å². The molecule has 2 saturated heterocycles.